The third kappa shape index (κ3) is 6.48. The molecule has 9 heteroatoms. The predicted octanol–water partition coefficient (Wildman–Crippen LogP) is 4.99. The number of hydrogen-bond acceptors (Lipinski definition) is 7. The molecular weight excluding hydrogens is 442 g/mol. The van der Waals surface area contributed by atoms with Crippen LogP contribution in [0.25, 0.3) is 0 Å². The molecule has 1 aromatic rings. The Morgan fingerprint density at radius 2 is 2.00 bits per heavy atom. The van der Waals surface area contributed by atoms with Crippen LogP contribution in [-0.4, -0.2) is 34.3 Å². The van der Waals surface area contributed by atoms with Crippen molar-refractivity contribution in [3.8, 4) is 11.5 Å². The number of carbonyl (C=O) groups excluding carboxylic acids is 1. The van der Waals surface area contributed by atoms with Crippen LogP contribution in [0.15, 0.2) is 23.8 Å². The van der Waals surface area contributed by atoms with Crippen LogP contribution < -0.4 is 9.47 Å². The maximum Gasteiger partial charge on any atom is 0.311 e. The molecule has 0 saturated heterocycles. The number of aryl methyl sites for hydroxylation is 1. The van der Waals surface area contributed by atoms with E-state index in [9.17, 15) is 19.7 Å². The number of esters is 1. The number of rotatable bonds is 11. The maximum absolute atomic E-state index is 12.4. The zero-order valence-corrected chi connectivity index (χ0v) is 20.0. The number of carbonyl (C=O) groups is 2. The van der Waals surface area contributed by atoms with Crippen LogP contribution in [0.3, 0.4) is 0 Å². The standard InChI is InChI=1S/C25H33NO8/c1-16-8-9-19-18(13-16)24-20(33-23(29)11-10-22(27)28)14-17(15-21(24)34-25(19,2)3)7-5-4-6-12-32-26(30)31/h13-15,18-19H,4-12H2,1-3H3,(H,27,28)/t18-,19-/m1/s1. The second kappa shape index (κ2) is 10.9. The lowest BCUT2D eigenvalue weighted by atomic mass is 9.68. The van der Waals surface area contributed by atoms with Crippen molar-refractivity contribution < 1.29 is 34.1 Å². The third-order valence-electron chi connectivity index (χ3n) is 6.58. The molecule has 9 nitrogen and oxygen atoms in total. The summed E-state index contributed by atoms with van der Waals surface area (Å²) in [5, 5.41) is 18.4. The second-order valence-electron chi connectivity index (χ2n) is 9.63. The van der Waals surface area contributed by atoms with Crippen LogP contribution in [0.5, 0.6) is 11.5 Å². The molecule has 0 fully saturated rings. The van der Waals surface area contributed by atoms with Gasteiger partial charge in [-0.2, -0.15) is 0 Å². The number of carboxylic acid groups (broad SMARTS) is 1. The van der Waals surface area contributed by atoms with Gasteiger partial charge in [0, 0.05) is 17.4 Å². The van der Waals surface area contributed by atoms with Gasteiger partial charge in [-0.05, 0) is 70.6 Å². The number of benzene rings is 1. The van der Waals surface area contributed by atoms with Crippen LogP contribution >= 0.6 is 0 Å². The van der Waals surface area contributed by atoms with Gasteiger partial charge in [-0.3, -0.25) is 9.59 Å². The van der Waals surface area contributed by atoms with E-state index in [1.807, 2.05) is 12.1 Å². The Labute approximate surface area is 199 Å². The molecule has 34 heavy (non-hydrogen) atoms. The molecule has 0 radical (unpaired) electrons. The molecule has 1 aliphatic carbocycles. The van der Waals surface area contributed by atoms with Crippen molar-refractivity contribution in [1.82, 2.24) is 0 Å². The van der Waals surface area contributed by atoms with Crippen molar-refractivity contribution in [1.29, 1.82) is 0 Å². The number of nitrogens with zero attached hydrogens (tertiary/aromatic N) is 1. The first-order chi connectivity index (χ1) is 16.1. The topological polar surface area (TPSA) is 125 Å². The van der Waals surface area contributed by atoms with Crippen molar-refractivity contribution in [2.45, 2.75) is 83.7 Å². The molecule has 2 atom stereocenters. The van der Waals surface area contributed by atoms with Gasteiger partial charge in [0.25, 0.3) is 5.09 Å². The Morgan fingerprint density at radius 3 is 2.71 bits per heavy atom. The highest BCUT2D eigenvalue weighted by atomic mass is 16.9. The Balaban J connectivity index is 1.86. The molecule has 2 aliphatic rings. The normalized spacial score (nSPS) is 20.3. The summed E-state index contributed by atoms with van der Waals surface area (Å²) in [7, 11) is 0. The van der Waals surface area contributed by atoms with Crippen LogP contribution in [0.2, 0.25) is 0 Å². The number of hydrogen-bond donors (Lipinski definition) is 1. The maximum atomic E-state index is 12.4. The SMILES string of the molecule is CC1=C[C@H]2c3c(OC(=O)CCC(=O)O)cc(CCCCCO[N+](=O)[O-])cc3OC(C)(C)[C@@H]2CC1. The van der Waals surface area contributed by atoms with Crippen molar-refractivity contribution in [2.75, 3.05) is 6.61 Å². The fraction of sp³-hybridized carbons (Fsp3) is 0.600. The highest BCUT2D eigenvalue weighted by Gasteiger charge is 2.45. The predicted molar refractivity (Wildman–Crippen MR) is 123 cm³/mol. The molecule has 0 spiro atoms. The monoisotopic (exact) mass is 475 g/mol. The second-order valence-corrected chi connectivity index (χ2v) is 9.63. The Hall–Kier alpha value is -3.10. The van der Waals surface area contributed by atoms with Crippen LogP contribution in [0, 0.1) is 16.0 Å². The minimum absolute atomic E-state index is 0.0445. The number of carboxylic acids is 1. The fourth-order valence-corrected chi connectivity index (χ4v) is 4.92. The molecule has 0 unspecified atom stereocenters. The van der Waals surface area contributed by atoms with Crippen molar-refractivity contribution in [2.24, 2.45) is 5.92 Å². The van der Waals surface area contributed by atoms with Crippen LogP contribution in [-0.2, 0) is 20.8 Å². The molecule has 1 aliphatic heterocycles. The number of allylic oxidation sites excluding steroid dienone is 2. The average molecular weight is 476 g/mol. The van der Waals surface area contributed by atoms with E-state index >= 15 is 0 Å². The minimum atomic E-state index is -1.05. The van der Waals surface area contributed by atoms with Gasteiger partial charge in [0.05, 0.1) is 19.4 Å². The van der Waals surface area contributed by atoms with Gasteiger partial charge < -0.3 is 19.4 Å². The van der Waals surface area contributed by atoms with E-state index in [4.69, 9.17) is 14.6 Å². The third-order valence-corrected chi connectivity index (χ3v) is 6.58. The van der Waals surface area contributed by atoms with E-state index in [0.29, 0.717) is 24.3 Å². The van der Waals surface area contributed by atoms with Gasteiger partial charge >= 0.3 is 11.9 Å². The summed E-state index contributed by atoms with van der Waals surface area (Å²) >= 11 is 0. The highest BCUT2D eigenvalue weighted by molar-refractivity contribution is 5.78. The lowest BCUT2D eigenvalue weighted by Gasteiger charge is -2.46. The van der Waals surface area contributed by atoms with E-state index in [1.165, 1.54) is 5.57 Å². The molecule has 0 saturated carbocycles. The minimum Gasteiger partial charge on any atom is -0.487 e. The Morgan fingerprint density at radius 1 is 1.24 bits per heavy atom. The summed E-state index contributed by atoms with van der Waals surface area (Å²) in [5.74, 6) is -0.250. The lowest BCUT2D eigenvalue weighted by molar-refractivity contribution is -0.757. The van der Waals surface area contributed by atoms with Crippen molar-refractivity contribution >= 4 is 11.9 Å². The number of ether oxygens (including phenoxy) is 2. The van der Waals surface area contributed by atoms with E-state index in [2.05, 4.69) is 31.7 Å². The van der Waals surface area contributed by atoms with Gasteiger partial charge in [-0.25, -0.2) is 0 Å². The fourth-order valence-electron chi connectivity index (χ4n) is 4.92. The number of aliphatic carboxylic acids is 1. The van der Waals surface area contributed by atoms with Gasteiger partial charge in [0.1, 0.15) is 17.1 Å². The average Bonchev–Trinajstić information content (AvgIpc) is 2.73. The summed E-state index contributed by atoms with van der Waals surface area (Å²) in [4.78, 5) is 37.9. The van der Waals surface area contributed by atoms with Gasteiger partial charge in [0.2, 0.25) is 0 Å². The van der Waals surface area contributed by atoms with Gasteiger partial charge in [-0.15, -0.1) is 10.1 Å². The first kappa shape index (κ1) is 25.5. The van der Waals surface area contributed by atoms with Crippen LogP contribution in [0.1, 0.15) is 82.8 Å². The zero-order chi connectivity index (χ0) is 24.9. The summed E-state index contributed by atoms with van der Waals surface area (Å²) in [5.41, 5.74) is 2.67. The number of fused-ring (bicyclic) bond motifs is 3. The molecule has 3 rings (SSSR count). The molecular formula is C25H33NO8. The summed E-state index contributed by atoms with van der Waals surface area (Å²) in [6.45, 7) is 6.34. The molecule has 1 aromatic carbocycles. The van der Waals surface area contributed by atoms with E-state index in [0.717, 1.165) is 36.8 Å². The lowest BCUT2D eigenvalue weighted by Crippen LogP contribution is -2.45. The van der Waals surface area contributed by atoms with E-state index in [1.54, 1.807) is 0 Å². The molecule has 0 amide bonds. The first-order valence-electron chi connectivity index (χ1n) is 11.8. The quantitative estimate of drug-likeness (QED) is 0.118. The molecule has 0 bridgehead atoms. The molecule has 1 N–H and O–H groups in total. The summed E-state index contributed by atoms with van der Waals surface area (Å²) in [6, 6.07) is 3.84. The molecule has 1 heterocycles. The Bertz CT molecular complexity index is 968. The van der Waals surface area contributed by atoms with E-state index in [-0.39, 0.29) is 31.3 Å². The number of unbranched alkanes of at least 4 members (excludes halogenated alkanes) is 2. The van der Waals surface area contributed by atoms with Crippen LogP contribution in [0.4, 0.5) is 0 Å². The highest BCUT2D eigenvalue weighted by Crippen LogP contribution is 2.53. The summed E-state index contributed by atoms with van der Waals surface area (Å²) < 4.78 is 12.2. The summed E-state index contributed by atoms with van der Waals surface area (Å²) in [6.07, 6.45) is 6.48. The first-order valence-corrected chi connectivity index (χ1v) is 11.8. The Kier molecular flexibility index (Phi) is 8.17. The van der Waals surface area contributed by atoms with Gasteiger partial charge in [-0.1, -0.05) is 18.1 Å². The van der Waals surface area contributed by atoms with Gasteiger partial charge in [0.15, 0.2) is 0 Å². The van der Waals surface area contributed by atoms with E-state index < -0.39 is 22.6 Å². The zero-order valence-electron chi connectivity index (χ0n) is 20.0. The van der Waals surface area contributed by atoms with Crippen molar-refractivity contribution in [3.05, 3.63) is 45.0 Å². The van der Waals surface area contributed by atoms with Crippen molar-refractivity contribution in [3.63, 3.8) is 0 Å². The molecule has 186 valence electrons. The smallest absolute Gasteiger partial charge is 0.311 e. The largest absolute Gasteiger partial charge is 0.487 e. The molecule has 0 aromatic heterocycles.